The van der Waals surface area contributed by atoms with Crippen molar-refractivity contribution in [2.24, 2.45) is 11.8 Å². The first-order valence-electron chi connectivity index (χ1n) is 10.6. The molecule has 1 heterocycles. The highest BCUT2D eigenvalue weighted by Gasteiger charge is 2.54. The summed E-state index contributed by atoms with van der Waals surface area (Å²) in [6.07, 6.45) is 0.809. The van der Waals surface area contributed by atoms with Crippen LogP contribution in [-0.4, -0.2) is 54.6 Å². The van der Waals surface area contributed by atoms with Gasteiger partial charge in [-0.1, -0.05) is 59.9 Å². The van der Waals surface area contributed by atoms with Crippen molar-refractivity contribution in [3.8, 4) is 0 Å². The molecule has 1 aliphatic heterocycles. The number of benzene rings is 2. The molecule has 0 bridgehead atoms. The lowest BCUT2D eigenvalue weighted by molar-refractivity contribution is -0.384. The minimum absolute atomic E-state index is 0.00594. The Hall–Kier alpha value is -2.44. The van der Waals surface area contributed by atoms with Gasteiger partial charge in [0.1, 0.15) is 6.54 Å². The molecule has 1 aliphatic carbocycles. The van der Waals surface area contributed by atoms with Crippen molar-refractivity contribution in [3.63, 3.8) is 0 Å². The highest BCUT2D eigenvalue weighted by molar-refractivity contribution is 9.12. The first-order chi connectivity index (χ1) is 16.6. The molecule has 0 radical (unpaired) electrons. The highest BCUT2D eigenvalue weighted by atomic mass is 79.9. The maximum absolute atomic E-state index is 13.5. The Morgan fingerprint density at radius 3 is 1.89 bits per heavy atom. The van der Waals surface area contributed by atoms with Crippen LogP contribution in [0.3, 0.4) is 0 Å². The molecule has 0 unspecified atom stereocenters. The second-order valence-electron chi connectivity index (χ2n) is 8.30. The van der Waals surface area contributed by atoms with Gasteiger partial charge in [-0.25, -0.2) is 5.01 Å². The number of Topliss-reactive ketones (excluding diaryl/α,β-unsaturated/α-hetero) is 1. The molecule has 1 saturated heterocycles. The number of alkyl halides is 2. The Labute approximate surface area is 225 Å². The molecule has 2 aromatic carbocycles. The van der Waals surface area contributed by atoms with Gasteiger partial charge >= 0.3 is 0 Å². The van der Waals surface area contributed by atoms with Crippen LogP contribution in [0, 0.1) is 22.0 Å². The molecule has 1 saturated carbocycles. The molecule has 4 rings (SSSR count). The summed E-state index contributed by atoms with van der Waals surface area (Å²) in [7, 11) is 0. The molecule has 35 heavy (non-hydrogen) atoms. The molecule has 2 aromatic rings. The number of hydrogen-bond acceptors (Lipinski definition) is 6. The normalized spacial score (nSPS) is 23.7. The zero-order valence-corrected chi connectivity index (χ0v) is 22.7. The fourth-order valence-electron chi connectivity index (χ4n) is 4.29. The summed E-state index contributed by atoms with van der Waals surface area (Å²) in [6.45, 7) is -0.552. The van der Waals surface area contributed by atoms with E-state index < -0.39 is 46.8 Å². The molecule has 9 nitrogen and oxygen atoms in total. The second kappa shape index (κ2) is 10.3. The summed E-state index contributed by atoms with van der Waals surface area (Å²) in [5, 5.41) is 12.6. The number of halogens is 3. The van der Waals surface area contributed by atoms with Crippen molar-refractivity contribution >= 4 is 77.0 Å². The highest BCUT2D eigenvalue weighted by Crippen LogP contribution is 2.43. The Kier molecular flexibility index (Phi) is 7.53. The molecule has 2 aliphatic rings. The minimum atomic E-state index is -0.781. The van der Waals surface area contributed by atoms with E-state index in [1.807, 2.05) is 0 Å². The van der Waals surface area contributed by atoms with Crippen LogP contribution < -0.4 is 0 Å². The summed E-state index contributed by atoms with van der Waals surface area (Å²) < 4.78 is 0.760. The van der Waals surface area contributed by atoms with Gasteiger partial charge in [0.2, 0.25) is 0 Å². The predicted molar refractivity (Wildman–Crippen MR) is 136 cm³/mol. The van der Waals surface area contributed by atoms with Gasteiger partial charge in [0.05, 0.1) is 16.8 Å². The van der Waals surface area contributed by atoms with Crippen molar-refractivity contribution in [2.75, 3.05) is 6.54 Å². The van der Waals surface area contributed by atoms with Gasteiger partial charge < -0.3 is 0 Å². The number of carbonyl (C=O) groups excluding carboxylic acids is 4. The number of non-ortho nitro benzene ring substituents is 1. The lowest BCUT2D eigenvalue weighted by Gasteiger charge is -2.30. The number of rotatable bonds is 6. The molecule has 12 heteroatoms. The quantitative estimate of drug-likeness (QED) is 0.147. The van der Waals surface area contributed by atoms with Gasteiger partial charge in [0.15, 0.2) is 5.78 Å². The first kappa shape index (κ1) is 25.6. The van der Waals surface area contributed by atoms with Crippen LogP contribution in [0.4, 0.5) is 5.69 Å². The largest absolute Gasteiger partial charge is 0.292 e. The average molecular weight is 672 g/mol. The minimum Gasteiger partial charge on any atom is -0.292 e. The fraction of sp³-hybridized carbons (Fsp3) is 0.304. The zero-order valence-electron chi connectivity index (χ0n) is 18.0. The number of hydrogen-bond donors (Lipinski definition) is 0. The van der Waals surface area contributed by atoms with Crippen molar-refractivity contribution in [2.45, 2.75) is 22.5 Å². The van der Waals surface area contributed by atoms with Crippen molar-refractivity contribution in [1.82, 2.24) is 10.0 Å². The van der Waals surface area contributed by atoms with Gasteiger partial charge in [-0.2, -0.15) is 5.01 Å². The van der Waals surface area contributed by atoms with E-state index in [1.54, 1.807) is 24.3 Å². The molecule has 0 N–H and O–H groups in total. The van der Waals surface area contributed by atoms with E-state index in [-0.39, 0.29) is 20.9 Å². The van der Waals surface area contributed by atoms with Crippen LogP contribution in [0.25, 0.3) is 0 Å². The van der Waals surface area contributed by atoms with Gasteiger partial charge in [-0.3, -0.25) is 29.3 Å². The van der Waals surface area contributed by atoms with E-state index in [4.69, 9.17) is 0 Å². The Morgan fingerprint density at radius 2 is 1.40 bits per heavy atom. The summed E-state index contributed by atoms with van der Waals surface area (Å²) in [5.74, 6) is -3.56. The molecular formula is C23H18Br3N3O6. The number of fused-ring (bicyclic) bond motifs is 1. The topological polar surface area (TPSA) is 118 Å². The van der Waals surface area contributed by atoms with Gasteiger partial charge in [0.25, 0.3) is 23.4 Å². The average Bonchev–Trinajstić information content (AvgIpc) is 3.06. The number of ketones is 1. The van der Waals surface area contributed by atoms with Crippen LogP contribution in [0.15, 0.2) is 53.0 Å². The zero-order chi connectivity index (χ0) is 25.4. The van der Waals surface area contributed by atoms with Crippen LogP contribution in [-0.2, 0) is 9.59 Å². The maximum atomic E-state index is 13.5. The third kappa shape index (κ3) is 5.10. The molecular weight excluding hydrogens is 654 g/mol. The summed E-state index contributed by atoms with van der Waals surface area (Å²) in [4.78, 5) is 63.6. The maximum Gasteiger partial charge on any atom is 0.273 e. The van der Waals surface area contributed by atoms with E-state index in [9.17, 15) is 29.3 Å². The second-order valence-corrected chi connectivity index (χ2v) is 11.6. The number of nitro benzene ring substituents is 1. The molecule has 0 spiro atoms. The lowest BCUT2D eigenvalue weighted by Crippen LogP contribution is -2.52. The van der Waals surface area contributed by atoms with Gasteiger partial charge in [-0.05, 0) is 37.1 Å². The molecule has 4 atom stereocenters. The predicted octanol–water partition coefficient (Wildman–Crippen LogP) is 4.52. The number of amides is 3. The number of nitrogens with zero attached hydrogens (tertiary/aromatic N) is 3. The lowest BCUT2D eigenvalue weighted by atomic mass is 9.81. The molecule has 182 valence electrons. The molecule has 3 amide bonds. The van der Waals surface area contributed by atoms with Crippen molar-refractivity contribution < 1.29 is 24.1 Å². The van der Waals surface area contributed by atoms with E-state index in [0.29, 0.717) is 18.4 Å². The van der Waals surface area contributed by atoms with E-state index in [2.05, 4.69) is 47.8 Å². The number of nitro groups is 1. The van der Waals surface area contributed by atoms with Crippen molar-refractivity contribution in [1.29, 1.82) is 0 Å². The summed E-state index contributed by atoms with van der Waals surface area (Å²) in [5.41, 5.74) is 0.0868. The third-order valence-electron chi connectivity index (χ3n) is 6.15. The van der Waals surface area contributed by atoms with E-state index in [1.165, 1.54) is 12.1 Å². The SMILES string of the molecule is O=C(CN(C(=O)c1ccc([N+](=O)[O-])cc1)N1C(=O)[C@@H]2C[C@@H](Br)[C@@H](Br)C[C@H]2C1=O)c1ccc(Br)cc1. The Balaban J connectivity index is 1.69. The first-order valence-corrected chi connectivity index (χ1v) is 13.2. The number of imide groups is 1. The fourth-order valence-corrected chi connectivity index (χ4v) is 5.79. The van der Waals surface area contributed by atoms with E-state index in [0.717, 1.165) is 26.6 Å². The molecule has 2 fully saturated rings. The van der Waals surface area contributed by atoms with E-state index >= 15 is 0 Å². The van der Waals surface area contributed by atoms with Crippen LogP contribution in [0.2, 0.25) is 0 Å². The number of hydrazine groups is 1. The van der Waals surface area contributed by atoms with Crippen LogP contribution >= 0.6 is 47.8 Å². The third-order valence-corrected chi connectivity index (χ3v) is 9.41. The van der Waals surface area contributed by atoms with Crippen molar-refractivity contribution in [3.05, 3.63) is 74.2 Å². The summed E-state index contributed by atoms with van der Waals surface area (Å²) >= 11 is 10.4. The number of carbonyl (C=O) groups is 4. The van der Waals surface area contributed by atoms with Crippen LogP contribution in [0.1, 0.15) is 33.6 Å². The van der Waals surface area contributed by atoms with Gasteiger partial charge in [-0.15, -0.1) is 0 Å². The standard InChI is InChI=1S/C23H18Br3N3O6/c24-14-5-1-12(2-6-14)20(30)11-27(21(31)13-3-7-15(8-4-13)29(34)35)28-22(32)16-9-18(25)19(26)10-17(16)23(28)33/h1-8,16-19H,9-11H2/t16-,17-,18-,19+/m1/s1. The summed E-state index contributed by atoms with van der Waals surface area (Å²) in [6, 6.07) is 11.3. The molecule has 0 aromatic heterocycles. The monoisotopic (exact) mass is 669 g/mol. The smallest absolute Gasteiger partial charge is 0.273 e. The Morgan fingerprint density at radius 1 is 0.914 bits per heavy atom. The van der Waals surface area contributed by atoms with Gasteiger partial charge in [0, 0.05) is 37.4 Å². The van der Waals surface area contributed by atoms with Crippen LogP contribution in [0.5, 0.6) is 0 Å². The Bertz CT molecular complexity index is 1180.